The summed E-state index contributed by atoms with van der Waals surface area (Å²) in [5.41, 5.74) is -0.360. The second kappa shape index (κ2) is 7.12. The van der Waals surface area contributed by atoms with Gasteiger partial charge in [0.25, 0.3) is 15.7 Å². The quantitative estimate of drug-likeness (QED) is 0.259. The van der Waals surface area contributed by atoms with Crippen LogP contribution in [0.5, 0.6) is 0 Å². The lowest BCUT2D eigenvalue weighted by atomic mass is 10.3. The molecule has 0 radical (unpaired) electrons. The summed E-state index contributed by atoms with van der Waals surface area (Å²) < 4.78 is 35.0. The normalized spacial score (nSPS) is 12.3. The number of nitro groups is 1. The second-order valence-electron chi connectivity index (χ2n) is 4.24. The lowest BCUT2D eigenvalue weighted by Crippen LogP contribution is -2.45. The molecule has 0 aliphatic carbocycles. The Morgan fingerprint density at radius 2 is 1.83 bits per heavy atom. The Balaban J connectivity index is 3.02. The van der Waals surface area contributed by atoms with Crippen molar-refractivity contribution in [2.24, 2.45) is 0 Å². The summed E-state index contributed by atoms with van der Waals surface area (Å²) >= 11 is 0. The molecule has 1 aromatic carbocycles. The third-order valence-electron chi connectivity index (χ3n) is 2.29. The predicted molar refractivity (Wildman–Crippen MR) is 74.7 cm³/mol. The zero-order valence-electron chi connectivity index (χ0n) is 11.3. The van der Waals surface area contributed by atoms with E-state index in [9.17, 15) is 27.9 Å². The first-order valence-electron chi connectivity index (χ1n) is 5.69. The number of aliphatic carboxylic acids is 1. The van der Waals surface area contributed by atoms with Crippen LogP contribution in [0.15, 0.2) is 29.2 Å². The van der Waals surface area contributed by atoms with Crippen molar-refractivity contribution in [1.29, 1.82) is 0 Å². The van der Waals surface area contributed by atoms with Gasteiger partial charge in [-0.05, 0) is 12.1 Å². The van der Waals surface area contributed by atoms with Gasteiger partial charge in [0.05, 0.1) is 9.82 Å². The maximum Gasteiger partial charge on any atom is 0.340 e. The Kier molecular flexibility index (Phi) is 5.93. The Morgan fingerprint density at radius 3 is 2.22 bits per heavy atom. The van der Waals surface area contributed by atoms with E-state index in [2.05, 4.69) is 0 Å². The van der Waals surface area contributed by atoms with Crippen molar-refractivity contribution >= 4 is 29.3 Å². The first kappa shape index (κ1) is 19.2. The van der Waals surface area contributed by atoms with Crippen LogP contribution in [0.4, 0.5) is 5.69 Å². The summed E-state index contributed by atoms with van der Waals surface area (Å²) in [5, 5.41) is 19.5. The summed E-state index contributed by atoms with van der Waals surface area (Å²) in [6, 6.07) is 3.63. The summed E-state index contributed by atoms with van der Waals surface area (Å²) in [7, 11) is -9.10. The minimum Gasteiger partial charge on any atom is -0.480 e. The standard InChI is InChI=1S/C9H12N3O9PS/c13-9(14)5-11(6-22(17,18)19)10-23(20,21)8-3-1-7(2-4-8)12(15)16/h1-4,10H,5-6H2,(H,13,14)(H2,17,18,19). The van der Waals surface area contributed by atoms with Crippen molar-refractivity contribution in [3.05, 3.63) is 34.4 Å². The van der Waals surface area contributed by atoms with Crippen molar-refractivity contribution in [2.45, 2.75) is 4.90 Å². The molecule has 12 nitrogen and oxygen atoms in total. The second-order valence-corrected chi connectivity index (χ2v) is 7.52. The van der Waals surface area contributed by atoms with E-state index in [0.29, 0.717) is 5.01 Å². The topological polar surface area (TPSA) is 187 Å². The van der Waals surface area contributed by atoms with Gasteiger partial charge < -0.3 is 14.9 Å². The Labute approximate surface area is 129 Å². The Morgan fingerprint density at radius 1 is 1.30 bits per heavy atom. The maximum atomic E-state index is 12.0. The molecule has 0 spiro atoms. The molecule has 0 amide bonds. The third-order valence-corrected chi connectivity index (χ3v) is 4.39. The molecule has 1 rings (SSSR count). The van der Waals surface area contributed by atoms with E-state index in [1.807, 2.05) is 0 Å². The first-order chi connectivity index (χ1) is 10.4. The highest BCUT2D eigenvalue weighted by atomic mass is 32.2. The first-order valence-corrected chi connectivity index (χ1v) is 8.97. The molecular formula is C9H12N3O9PS. The van der Waals surface area contributed by atoms with E-state index in [4.69, 9.17) is 14.9 Å². The number of rotatable bonds is 8. The van der Waals surface area contributed by atoms with Gasteiger partial charge in [-0.15, -0.1) is 4.83 Å². The molecule has 0 aromatic heterocycles. The SMILES string of the molecule is O=C(O)CN(CP(=O)(O)O)NS(=O)(=O)c1ccc([N+](=O)[O-])cc1. The van der Waals surface area contributed by atoms with Crippen molar-refractivity contribution in [3.8, 4) is 0 Å². The van der Waals surface area contributed by atoms with Crippen LogP contribution in [0.3, 0.4) is 0 Å². The van der Waals surface area contributed by atoms with Crippen molar-refractivity contribution < 1.29 is 37.6 Å². The van der Waals surface area contributed by atoms with Crippen LogP contribution in [0.25, 0.3) is 0 Å². The van der Waals surface area contributed by atoms with Crippen LogP contribution in [0, 0.1) is 10.1 Å². The maximum absolute atomic E-state index is 12.0. The molecular weight excluding hydrogens is 357 g/mol. The molecule has 0 aliphatic heterocycles. The monoisotopic (exact) mass is 369 g/mol. The molecule has 0 fully saturated rings. The average molecular weight is 369 g/mol. The average Bonchev–Trinajstić information content (AvgIpc) is 2.35. The number of nitrogens with zero attached hydrogens (tertiary/aromatic N) is 2. The fourth-order valence-corrected chi connectivity index (χ4v) is 3.25. The van der Waals surface area contributed by atoms with Crippen LogP contribution in [0.1, 0.15) is 0 Å². The highest BCUT2D eigenvalue weighted by Gasteiger charge is 2.26. The van der Waals surface area contributed by atoms with Gasteiger partial charge >= 0.3 is 13.6 Å². The molecule has 0 unspecified atom stereocenters. The number of nitrogens with one attached hydrogen (secondary N) is 1. The van der Waals surface area contributed by atoms with Gasteiger partial charge in [0.1, 0.15) is 12.8 Å². The smallest absolute Gasteiger partial charge is 0.340 e. The molecule has 128 valence electrons. The van der Waals surface area contributed by atoms with Crippen molar-refractivity contribution in [3.63, 3.8) is 0 Å². The molecule has 0 aliphatic rings. The molecule has 1 aromatic rings. The molecule has 0 heterocycles. The number of hydrazine groups is 1. The van der Waals surface area contributed by atoms with Crippen LogP contribution < -0.4 is 4.83 Å². The number of benzene rings is 1. The highest BCUT2D eigenvalue weighted by Crippen LogP contribution is 2.34. The molecule has 23 heavy (non-hydrogen) atoms. The van der Waals surface area contributed by atoms with Crippen LogP contribution in [0.2, 0.25) is 0 Å². The zero-order valence-corrected chi connectivity index (χ0v) is 13.0. The zero-order chi connectivity index (χ0) is 17.8. The summed E-state index contributed by atoms with van der Waals surface area (Å²) in [4.78, 5) is 39.3. The van der Waals surface area contributed by atoms with E-state index >= 15 is 0 Å². The van der Waals surface area contributed by atoms with E-state index in [-0.39, 0.29) is 5.69 Å². The van der Waals surface area contributed by atoms with E-state index in [1.165, 1.54) is 0 Å². The number of nitro benzene ring substituents is 1. The van der Waals surface area contributed by atoms with E-state index < -0.39 is 46.2 Å². The molecule has 0 bridgehead atoms. The van der Waals surface area contributed by atoms with Gasteiger partial charge in [-0.25, -0.2) is 13.4 Å². The van der Waals surface area contributed by atoms with Gasteiger partial charge in [-0.2, -0.15) is 0 Å². The van der Waals surface area contributed by atoms with Gasteiger partial charge in [-0.1, -0.05) is 0 Å². The van der Waals surface area contributed by atoms with Crippen molar-refractivity contribution in [1.82, 2.24) is 9.84 Å². The Hall–Kier alpha value is -1.89. The number of hydrogen-bond donors (Lipinski definition) is 4. The third kappa shape index (κ3) is 6.40. The number of carboxylic acids is 1. The van der Waals surface area contributed by atoms with Gasteiger partial charge in [0, 0.05) is 12.1 Å². The van der Waals surface area contributed by atoms with Gasteiger partial charge in [0.15, 0.2) is 0 Å². The molecule has 4 N–H and O–H groups in total. The minimum absolute atomic E-state index is 0.319. The Bertz CT molecular complexity index is 742. The number of hydrogen-bond acceptors (Lipinski definition) is 7. The number of carbonyl (C=O) groups is 1. The minimum atomic E-state index is -4.73. The fourth-order valence-electron chi connectivity index (χ4n) is 1.47. The van der Waals surface area contributed by atoms with E-state index in [1.54, 1.807) is 4.83 Å². The van der Waals surface area contributed by atoms with E-state index in [0.717, 1.165) is 24.3 Å². The van der Waals surface area contributed by atoms with Crippen molar-refractivity contribution in [2.75, 3.05) is 12.8 Å². The number of sulfonamides is 1. The number of carboxylic acid groups (broad SMARTS) is 1. The lowest BCUT2D eigenvalue weighted by Gasteiger charge is -2.21. The fraction of sp³-hybridized carbons (Fsp3) is 0.222. The molecule has 14 heteroatoms. The van der Waals surface area contributed by atoms with Crippen LogP contribution in [-0.4, -0.2) is 52.0 Å². The highest BCUT2D eigenvalue weighted by molar-refractivity contribution is 7.89. The summed E-state index contributed by atoms with van der Waals surface area (Å²) in [5.74, 6) is -1.52. The molecule has 0 saturated heterocycles. The van der Waals surface area contributed by atoms with Gasteiger partial charge in [-0.3, -0.25) is 19.5 Å². The number of non-ortho nitro benzene ring substituents is 1. The predicted octanol–water partition coefficient (Wildman–Crippen LogP) is -0.690. The van der Waals surface area contributed by atoms with Gasteiger partial charge in [0.2, 0.25) is 0 Å². The van der Waals surface area contributed by atoms with Crippen LogP contribution in [-0.2, 0) is 19.4 Å². The lowest BCUT2D eigenvalue weighted by molar-refractivity contribution is -0.384. The molecule has 0 atom stereocenters. The molecule has 0 saturated carbocycles. The van der Waals surface area contributed by atoms with Crippen LogP contribution >= 0.6 is 7.60 Å². The summed E-state index contributed by atoms with van der Waals surface area (Å²) in [6.45, 7) is -1.00. The largest absolute Gasteiger partial charge is 0.480 e. The summed E-state index contributed by atoms with van der Waals surface area (Å²) in [6.07, 6.45) is -1.16.